The summed E-state index contributed by atoms with van der Waals surface area (Å²) in [5.41, 5.74) is 3.49. The van der Waals surface area contributed by atoms with E-state index in [2.05, 4.69) is 15.2 Å². The molecule has 3 aromatic rings. The molecule has 6 nitrogen and oxygen atoms in total. The Hall–Kier alpha value is -2.57. The van der Waals surface area contributed by atoms with Crippen LogP contribution in [0.25, 0.3) is 11.0 Å². The summed E-state index contributed by atoms with van der Waals surface area (Å²) in [6.07, 6.45) is 0. The third-order valence-corrected chi connectivity index (χ3v) is 5.03. The Labute approximate surface area is 162 Å². The zero-order valence-electron chi connectivity index (χ0n) is 15.1. The second kappa shape index (κ2) is 7.58. The number of carbonyl (C=O) groups excluding carboxylic acids is 1. The van der Waals surface area contributed by atoms with Crippen molar-refractivity contribution in [3.8, 4) is 0 Å². The smallest absolute Gasteiger partial charge is 0.244 e. The lowest BCUT2D eigenvalue weighted by molar-refractivity contribution is -0.116. The van der Waals surface area contributed by atoms with Gasteiger partial charge in [-0.2, -0.15) is 0 Å². The Kier molecular flexibility index (Phi) is 5.01. The van der Waals surface area contributed by atoms with Gasteiger partial charge in [0.15, 0.2) is 0 Å². The fourth-order valence-corrected chi connectivity index (χ4v) is 3.69. The number of benzene rings is 2. The number of halogens is 1. The van der Waals surface area contributed by atoms with E-state index in [0.29, 0.717) is 23.9 Å². The fourth-order valence-electron chi connectivity index (χ4n) is 3.39. The number of hydrogen-bond acceptors (Lipinski definition) is 4. The van der Waals surface area contributed by atoms with E-state index < -0.39 is 0 Å². The molecule has 1 aromatic heterocycles. The average Bonchev–Trinajstić information content (AvgIpc) is 2.98. The van der Waals surface area contributed by atoms with Crippen LogP contribution < -0.4 is 10.2 Å². The molecular weight excluding hydrogens is 364 g/mol. The number of fused-ring (bicyclic) bond motifs is 1. The van der Waals surface area contributed by atoms with Crippen molar-refractivity contribution in [1.82, 2.24) is 9.55 Å². The van der Waals surface area contributed by atoms with Crippen molar-refractivity contribution in [2.24, 2.45) is 0 Å². The van der Waals surface area contributed by atoms with Crippen molar-refractivity contribution >= 4 is 39.9 Å². The van der Waals surface area contributed by atoms with Gasteiger partial charge in [-0.15, -0.1) is 0 Å². The number of aryl methyl sites for hydroxylation is 1. The van der Waals surface area contributed by atoms with E-state index in [4.69, 9.17) is 16.3 Å². The zero-order valence-corrected chi connectivity index (χ0v) is 15.9. The van der Waals surface area contributed by atoms with Crippen molar-refractivity contribution in [1.29, 1.82) is 0 Å². The molecule has 27 heavy (non-hydrogen) atoms. The highest BCUT2D eigenvalue weighted by molar-refractivity contribution is 6.33. The summed E-state index contributed by atoms with van der Waals surface area (Å²) in [5, 5.41) is 3.55. The summed E-state index contributed by atoms with van der Waals surface area (Å²) < 4.78 is 7.29. The molecule has 2 heterocycles. The van der Waals surface area contributed by atoms with Gasteiger partial charge in [-0.3, -0.25) is 4.79 Å². The number of nitrogens with zero attached hydrogens (tertiary/aromatic N) is 3. The zero-order chi connectivity index (χ0) is 18.8. The highest BCUT2D eigenvalue weighted by Gasteiger charge is 2.15. The molecule has 4 rings (SSSR count). The number of anilines is 2. The van der Waals surface area contributed by atoms with E-state index >= 15 is 0 Å². The number of rotatable bonds is 4. The van der Waals surface area contributed by atoms with Gasteiger partial charge in [0, 0.05) is 18.8 Å². The second-order valence-electron chi connectivity index (χ2n) is 6.55. The number of para-hydroxylation sites is 2. The molecule has 7 heteroatoms. The quantitative estimate of drug-likeness (QED) is 0.748. The van der Waals surface area contributed by atoms with E-state index in [1.807, 2.05) is 47.9 Å². The van der Waals surface area contributed by atoms with Crippen LogP contribution in [0.5, 0.6) is 0 Å². The molecule has 1 aliphatic heterocycles. The highest BCUT2D eigenvalue weighted by Crippen LogP contribution is 2.29. The second-order valence-corrected chi connectivity index (χ2v) is 6.95. The van der Waals surface area contributed by atoms with Gasteiger partial charge in [0.05, 0.1) is 35.0 Å². The van der Waals surface area contributed by atoms with Crippen molar-refractivity contribution in [2.45, 2.75) is 13.5 Å². The summed E-state index contributed by atoms with van der Waals surface area (Å²) in [4.78, 5) is 19.2. The van der Waals surface area contributed by atoms with Crippen LogP contribution in [0.3, 0.4) is 0 Å². The number of imidazole rings is 1. The van der Waals surface area contributed by atoms with E-state index in [0.717, 1.165) is 35.6 Å². The molecule has 0 radical (unpaired) electrons. The van der Waals surface area contributed by atoms with Crippen molar-refractivity contribution < 1.29 is 9.53 Å². The Morgan fingerprint density at radius 1 is 1.22 bits per heavy atom. The minimum Gasteiger partial charge on any atom is -0.378 e. The molecule has 1 aliphatic rings. The predicted octanol–water partition coefficient (Wildman–Crippen LogP) is 3.47. The molecular formula is C20H21ClN4O2. The molecule has 1 N–H and O–H groups in total. The minimum absolute atomic E-state index is 0.114. The van der Waals surface area contributed by atoms with E-state index in [1.54, 1.807) is 6.07 Å². The van der Waals surface area contributed by atoms with Crippen LogP contribution >= 0.6 is 11.6 Å². The van der Waals surface area contributed by atoms with Gasteiger partial charge >= 0.3 is 0 Å². The standard InChI is InChI=1S/C20H21ClN4O2/c1-14-22-17-4-2-3-5-19(17)25(14)13-20(26)23-15-6-7-18(16(21)12-15)24-8-10-27-11-9-24/h2-7,12H,8-11,13H2,1H3,(H,23,26). The maximum Gasteiger partial charge on any atom is 0.244 e. The molecule has 0 saturated carbocycles. The lowest BCUT2D eigenvalue weighted by Crippen LogP contribution is -2.36. The number of amides is 1. The molecule has 1 fully saturated rings. The topological polar surface area (TPSA) is 59.4 Å². The largest absolute Gasteiger partial charge is 0.378 e. The van der Waals surface area contributed by atoms with Gasteiger partial charge < -0.3 is 19.5 Å². The van der Waals surface area contributed by atoms with E-state index in [9.17, 15) is 4.79 Å². The number of morpholine rings is 1. The van der Waals surface area contributed by atoms with Crippen LogP contribution in [0.1, 0.15) is 5.82 Å². The molecule has 0 unspecified atom stereocenters. The normalized spacial score (nSPS) is 14.5. The summed E-state index contributed by atoms with van der Waals surface area (Å²) >= 11 is 6.44. The molecule has 0 spiro atoms. The Bertz CT molecular complexity index is 979. The Balaban J connectivity index is 1.48. The third-order valence-electron chi connectivity index (χ3n) is 4.73. The molecule has 1 saturated heterocycles. The SMILES string of the molecule is Cc1nc2ccccc2n1CC(=O)Nc1ccc(N2CCOCC2)c(Cl)c1. The first-order valence-corrected chi connectivity index (χ1v) is 9.33. The minimum atomic E-state index is -0.114. The maximum atomic E-state index is 12.5. The highest BCUT2D eigenvalue weighted by atomic mass is 35.5. The third kappa shape index (κ3) is 3.77. The summed E-state index contributed by atoms with van der Waals surface area (Å²) in [7, 11) is 0. The average molecular weight is 385 g/mol. The number of carbonyl (C=O) groups is 1. The lowest BCUT2D eigenvalue weighted by atomic mass is 10.2. The molecule has 0 atom stereocenters. The number of aromatic nitrogens is 2. The number of hydrogen-bond donors (Lipinski definition) is 1. The van der Waals surface area contributed by atoms with E-state index in [1.165, 1.54) is 0 Å². The van der Waals surface area contributed by atoms with Crippen LogP contribution in [0.15, 0.2) is 42.5 Å². The summed E-state index contributed by atoms with van der Waals surface area (Å²) in [6.45, 7) is 5.15. The first kappa shape index (κ1) is 17.8. The Morgan fingerprint density at radius 3 is 2.78 bits per heavy atom. The molecule has 140 valence electrons. The van der Waals surface area contributed by atoms with Crippen LogP contribution in [0, 0.1) is 6.92 Å². The van der Waals surface area contributed by atoms with Crippen LogP contribution in [0.4, 0.5) is 11.4 Å². The first-order valence-electron chi connectivity index (χ1n) is 8.96. The molecule has 1 amide bonds. The van der Waals surface area contributed by atoms with E-state index in [-0.39, 0.29) is 12.5 Å². The van der Waals surface area contributed by atoms with Crippen LogP contribution in [-0.2, 0) is 16.1 Å². The molecule has 0 bridgehead atoms. The van der Waals surface area contributed by atoms with Crippen molar-refractivity contribution in [3.05, 3.63) is 53.3 Å². The number of ether oxygens (including phenoxy) is 1. The van der Waals surface area contributed by atoms with Gasteiger partial charge in [0.25, 0.3) is 0 Å². The molecule has 0 aliphatic carbocycles. The first-order chi connectivity index (χ1) is 13.1. The van der Waals surface area contributed by atoms with Gasteiger partial charge in [0.1, 0.15) is 12.4 Å². The summed E-state index contributed by atoms with van der Waals surface area (Å²) in [6, 6.07) is 13.4. The van der Waals surface area contributed by atoms with Crippen LogP contribution in [0.2, 0.25) is 5.02 Å². The lowest BCUT2D eigenvalue weighted by Gasteiger charge is -2.29. The Morgan fingerprint density at radius 2 is 2.00 bits per heavy atom. The van der Waals surface area contributed by atoms with Gasteiger partial charge in [-0.25, -0.2) is 4.98 Å². The van der Waals surface area contributed by atoms with Crippen molar-refractivity contribution in [3.63, 3.8) is 0 Å². The van der Waals surface area contributed by atoms with Gasteiger partial charge in [0.2, 0.25) is 5.91 Å². The number of nitrogens with one attached hydrogen (secondary N) is 1. The van der Waals surface area contributed by atoms with Crippen molar-refractivity contribution in [2.75, 3.05) is 36.5 Å². The molecule has 2 aromatic carbocycles. The fraction of sp³-hybridized carbons (Fsp3) is 0.300. The van der Waals surface area contributed by atoms with Gasteiger partial charge in [-0.05, 0) is 37.3 Å². The monoisotopic (exact) mass is 384 g/mol. The predicted molar refractivity (Wildman–Crippen MR) is 108 cm³/mol. The van der Waals surface area contributed by atoms with Gasteiger partial charge in [-0.1, -0.05) is 23.7 Å². The maximum absolute atomic E-state index is 12.5. The van der Waals surface area contributed by atoms with Crippen LogP contribution in [-0.4, -0.2) is 41.8 Å². The summed E-state index contributed by atoms with van der Waals surface area (Å²) in [5.74, 6) is 0.698.